The average Bonchev–Trinajstić information content (AvgIpc) is 3.14. The van der Waals surface area contributed by atoms with Crippen molar-refractivity contribution in [3.05, 3.63) is 105 Å². The lowest BCUT2D eigenvalue weighted by molar-refractivity contribution is -0.314. The molecule has 3 aromatic carbocycles. The van der Waals surface area contributed by atoms with Crippen molar-refractivity contribution in [2.24, 2.45) is 10.7 Å². The van der Waals surface area contributed by atoms with E-state index >= 15 is 0 Å². The molecule has 2 aliphatic rings. The molecule has 0 bridgehead atoms. The minimum atomic E-state index is -1.02. The van der Waals surface area contributed by atoms with Crippen molar-refractivity contribution >= 4 is 52.4 Å². The molecule has 1 fully saturated rings. The van der Waals surface area contributed by atoms with Crippen LogP contribution in [0, 0.1) is 11.6 Å². The van der Waals surface area contributed by atoms with Gasteiger partial charge in [-0.1, -0.05) is 35.3 Å². The van der Waals surface area contributed by atoms with Crippen LogP contribution in [0.3, 0.4) is 0 Å². The summed E-state index contributed by atoms with van der Waals surface area (Å²) in [4.78, 5) is 40.2. The summed E-state index contributed by atoms with van der Waals surface area (Å²) >= 11 is 12.8. The SMILES string of the molecule is NC1(C([NH3+])=O)CCN(C(=O)c2ccc(Nc3ncc4c(n3)-c3ccc(Cl)cc3C(c3c(F)cccc3F)=NC4)cc2Cl)CC1. The number of rotatable bonds is 5. The van der Waals surface area contributed by atoms with Crippen molar-refractivity contribution in [2.75, 3.05) is 18.4 Å². The molecule has 6 rings (SSSR count). The number of nitrogens with zero attached hydrogens (tertiary/aromatic N) is 4. The smallest absolute Gasteiger partial charge is 0.328 e. The van der Waals surface area contributed by atoms with Crippen molar-refractivity contribution in [3.63, 3.8) is 0 Å². The molecular formula is C31H26Cl2F2N7O2+. The van der Waals surface area contributed by atoms with Crippen molar-refractivity contribution in [3.8, 4) is 11.3 Å². The number of fused-ring (bicyclic) bond motifs is 3. The predicted octanol–water partition coefficient (Wildman–Crippen LogP) is 4.53. The molecular weight excluding hydrogens is 611 g/mol. The molecule has 9 nitrogen and oxygen atoms in total. The first-order valence-corrected chi connectivity index (χ1v) is 14.5. The van der Waals surface area contributed by atoms with E-state index < -0.39 is 17.2 Å². The van der Waals surface area contributed by atoms with Crippen LogP contribution in [-0.2, 0) is 11.3 Å². The summed E-state index contributed by atoms with van der Waals surface area (Å²) in [5.41, 5.74) is 11.4. The number of carbonyl (C=O) groups is 2. The predicted molar refractivity (Wildman–Crippen MR) is 163 cm³/mol. The van der Waals surface area contributed by atoms with E-state index in [0.717, 1.165) is 0 Å². The topological polar surface area (TPSA) is 141 Å². The quantitative estimate of drug-likeness (QED) is 0.294. The summed E-state index contributed by atoms with van der Waals surface area (Å²) < 4.78 is 29.7. The van der Waals surface area contributed by atoms with Gasteiger partial charge in [-0.2, -0.15) is 0 Å². The van der Waals surface area contributed by atoms with Crippen molar-refractivity contribution < 1.29 is 24.1 Å². The minimum Gasteiger partial charge on any atom is -0.338 e. The van der Waals surface area contributed by atoms with Crippen LogP contribution < -0.4 is 16.8 Å². The van der Waals surface area contributed by atoms with Gasteiger partial charge in [0.05, 0.1) is 34.1 Å². The Kier molecular flexibility index (Phi) is 7.89. The second kappa shape index (κ2) is 11.7. The zero-order chi connectivity index (χ0) is 31.2. The monoisotopic (exact) mass is 636 g/mol. The second-order valence-electron chi connectivity index (χ2n) is 10.7. The number of piperidine rings is 1. The highest BCUT2D eigenvalue weighted by atomic mass is 35.5. The molecule has 2 aliphatic heterocycles. The molecule has 2 amide bonds. The Labute approximate surface area is 260 Å². The maximum Gasteiger partial charge on any atom is 0.328 e. The molecule has 3 heterocycles. The van der Waals surface area contributed by atoms with Crippen LogP contribution in [0.15, 0.2) is 65.8 Å². The van der Waals surface area contributed by atoms with Crippen molar-refractivity contribution in [1.29, 1.82) is 0 Å². The Morgan fingerprint density at radius 3 is 2.41 bits per heavy atom. The van der Waals surface area contributed by atoms with E-state index in [-0.39, 0.29) is 40.6 Å². The molecule has 0 aliphatic carbocycles. The van der Waals surface area contributed by atoms with Gasteiger partial charge in [0.15, 0.2) is 0 Å². The zero-order valence-corrected chi connectivity index (χ0v) is 24.7. The van der Waals surface area contributed by atoms with Gasteiger partial charge >= 0.3 is 5.91 Å². The first-order chi connectivity index (χ1) is 21.0. The van der Waals surface area contributed by atoms with E-state index in [0.29, 0.717) is 64.6 Å². The Morgan fingerprint density at radius 2 is 1.73 bits per heavy atom. The van der Waals surface area contributed by atoms with Gasteiger partial charge in [-0.05, 0) is 55.3 Å². The maximum absolute atomic E-state index is 14.8. The second-order valence-corrected chi connectivity index (χ2v) is 11.6. The summed E-state index contributed by atoms with van der Waals surface area (Å²) in [5, 5.41) is 3.70. The first-order valence-electron chi connectivity index (χ1n) is 13.7. The van der Waals surface area contributed by atoms with Crippen molar-refractivity contribution in [1.82, 2.24) is 14.9 Å². The van der Waals surface area contributed by atoms with Crippen LogP contribution in [0.25, 0.3) is 11.3 Å². The number of hydrogen-bond donors (Lipinski definition) is 3. The van der Waals surface area contributed by atoms with Crippen LogP contribution >= 0.6 is 23.2 Å². The molecule has 0 spiro atoms. The number of nitrogens with two attached hydrogens (primary N) is 1. The van der Waals surface area contributed by atoms with Gasteiger partial charge in [0, 0.05) is 46.7 Å². The average molecular weight is 637 g/mol. The first kappa shape index (κ1) is 29.8. The third-order valence-electron chi connectivity index (χ3n) is 7.92. The maximum atomic E-state index is 14.8. The molecule has 1 aromatic heterocycles. The Bertz CT molecular complexity index is 1840. The molecule has 224 valence electrons. The number of halogens is 4. The van der Waals surface area contributed by atoms with E-state index in [1.165, 1.54) is 18.2 Å². The van der Waals surface area contributed by atoms with Crippen LogP contribution in [-0.4, -0.2) is 51.0 Å². The summed E-state index contributed by atoms with van der Waals surface area (Å²) in [6.45, 7) is 0.716. The summed E-state index contributed by atoms with van der Waals surface area (Å²) in [5.74, 6) is -1.85. The molecule has 6 N–H and O–H groups in total. The molecule has 44 heavy (non-hydrogen) atoms. The summed E-state index contributed by atoms with van der Waals surface area (Å²) in [7, 11) is 0. The third kappa shape index (κ3) is 5.55. The number of aromatic nitrogens is 2. The lowest BCUT2D eigenvalue weighted by atomic mass is 9.88. The van der Waals surface area contributed by atoms with Gasteiger partial charge in [0.25, 0.3) is 5.91 Å². The number of likely N-dealkylation sites (tertiary alicyclic amines) is 1. The largest absolute Gasteiger partial charge is 0.338 e. The number of quaternary nitrogens is 1. The van der Waals surface area contributed by atoms with Crippen LogP contribution in [0.1, 0.15) is 39.9 Å². The van der Waals surface area contributed by atoms with Crippen LogP contribution in [0.4, 0.5) is 20.4 Å². The summed E-state index contributed by atoms with van der Waals surface area (Å²) in [6.07, 6.45) is 2.24. The molecule has 13 heteroatoms. The van der Waals surface area contributed by atoms with E-state index in [1.807, 2.05) is 0 Å². The van der Waals surface area contributed by atoms with Gasteiger partial charge in [-0.3, -0.25) is 15.5 Å². The van der Waals surface area contributed by atoms with Crippen molar-refractivity contribution in [2.45, 2.75) is 24.9 Å². The Hall–Kier alpha value is -4.29. The van der Waals surface area contributed by atoms with Gasteiger partial charge in [0.1, 0.15) is 17.2 Å². The van der Waals surface area contributed by atoms with E-state index in [1.54, 1.807) is 47.5 Å². The number of anilines is 2. The fourth-order valence-electron chi connectivity index (χ4n) is 5.38. The van der Waals surface area contributed by atoms with Gasteiger partial charge in [-0.15, -0.1) is 0 Å². The molecule has 0 unspecified atom stereocenters. The van der Waals surface area contributed by atoms with Gasteiger partial charge in [0.2, 0.25) is 5.95 Å². The van der Waals surface area contributed by atoms with E-state index in [9.17, 15) is 18.4 Å². The Balaban J connectivity index is 1.27. The van der Waals surface area contributed by atoms with Gasteiger partial charge < -0.3 is 16.0 Å². The highest BCUT2D eigenvalue weighted by molar-refractivity contribution is 6.34. The standard InChI is InChI=1S/C31H25Cl2F2N7O2/c32-17-4-6-19-21(12-17)27(25-23(34)2-1-3-24(25)35)38-14-16-15-39-30(41-26(16)19)40-18-5-7-20(22(33)13-18)28(43)42-10-8-31(37,9-11-42)29(36)44/h1-7,12-13,15H,8-11,14,37H2,(H2,36,44)(H,39,40,41)/p+1. The van der Waals surface area contributed by atoms with Crippen LogP contribution in [0.5, 0.6) is 0 Å². The number of aliphatic imine (C=N–C) groups is 1. The zero-order valence-electron chi connectivity index (χ0n) is 23.2. The number of carbonyl (C=O) groups excluding carboxylic acids is 2. The third-order valence-corrected chi connectivity index (χ3v) is 8.47. The Morgan fingerprint density at radius 1 is 1.00 bits per heavy atom. The molecule has 0 saturated carbocycles. The number of hydrogen-bond acceptors (Lipinski definition) is 7. The molecule has 0 radical (unpaired) electrons. The normalized spacial score (nSPS) is 15.5. The molecule has 0 atom stereocenters. The van der Waals surface area contributed by atoms with Gasteiger partial charge in [-0.25, -0.2) is 23.5 Å². The fraction of sp³-hybridized carbons (Fsp3) is 0.194. The van der Waals surface area contributed by atoms with E-state index in [4.69, 9.17) is 33.9 Å². The number of nitrogens with one attached hydrogen (secondary N) is 1. The fourth-order valence-corrected chi connectivity index (χ4v) is 5.81. The highest BCUT2D eigenvalue weighted by Crippen LogP contribution is 2.35. The number of benzene rings is 3. The van der Waals surface area contributed by atoms with E-state index in [2.05, 4.69) is 21.0 Å². The molecule has 4 aromatic rings. The minimum absolute atomic E-state index is 0.0817. The lowest BCUT2D eigenvalue weighted by Crippen LogP contribution is -2.73. The highest BCUT2D eigenvalue weighted by Gasteiger charge is 2.40. The lowest BCUT2D eigenvalue weighted by Gasteiger charge is -2.35. The van der Waals surface area contributed by atoms with Crippen LogP contribution in [0.2, 0.25) is 10.0 Å². The summed E-state index contributed by atoms with van der Waals surface area (Å²) in [6, 6.07) is 13.5. The number of amides is 2. The molecule has 1 saturated heterocycles.